The Morgan fingerprint density at radius 1 is 0.971 bits per heavy atom. The number of anilines is 4. The van der Waals surface area contributed by atoms with Crippen molar-refractivity contribution in [1.82, 2.24) is 24.2 Å². The maximum absolute atomic E-state index is 11.7. The molecule has 0 unspecified atom stereocenters. The van der Waals surface area contributed by atoms with Crippen LogP contribution in [0.25, 0.3) is 10.9 Å². The van der Waals surface area contributed by atoms with E-state index in [0.717, 1.165) is 53.2 Å². The minimum atomic E-state index is -3.12. The molecule has 0 bridgehead atoms. The quantitative estimate of drug-likeness (QED) is 0.361. The first-order valence-corrected chi connectivity index (χ1v) is 13.4. The van der Waals surface area contributed by atoms with Gasteiger partial charge in [0.15, 0.2) is 0 Å². The van der Waals surface area contributed by atoms with Crippen molar-refractivity contribution in [2.45, 2.75) is 13.5 Å². The number of aromatic amines is 1. The summed E-state index contributed by atoms with van der Waals surface area (Å²) in [5, 5.41) is 7.79. The maximum atomic E-state index is 11.7. The number of fused-ring (bicyclic) bond motifs is 1. The van der Waals surface area contributed by atoms with Gasteiger partial charge in [0.25, 0.3) is 0 Å². The Morgan fingerprint density at radius 2 is 1.77 bits per heavy atom. The predicted octanol–water partition coefficient (Wildman–Crippen LogP) is 3.83. The molecule has 35 heavy (non-hydrogen) atoms. The molecule has 0 aliphatic carbocycles. The number of H-pyrrole nitrogens is 1. The first-order valence-electron chi connectivity index (χ1n) is 11.5. The average molecular weight is 492 g/mol. The highest BCUT2D eigenvalue weighted by molar-refractivity contribution is 7.88. The fraction of sp³-hybridized carbons (Fsp3) is 0.280. The first-order chi connectivity index (χ1) is 16.8. The lowest BCUT2D eigenvalue weighted by Crippen LogP contribution is -2.47. The number of hydrogen-bond acceptors (Lipinski definition) is 7. The molecule has 3 N–H and O–H groups in total. The SMILES string of the molecule is Cc1cc2cc(Nc3ccnc(Nc4cccc(CN5CCN(S(C)(=O)=O)CC5)c4)n3)ccc2[nH]1. The van der Waals surface area contributed by atoms with E-state index in [4.69, 9.17) is 0 Å². The molecule has 182 valence electrons. The molecule has 1 aliphatic rings. The van der Waals surface area contributed by atoms with Gasteiger partial charge in [0, 0.05) is 66.9 Å². The molecule has 0 saturated carbocycles. The summed E-state index contributed by atoms with van der Waals surface area (Å²) in [5.41, 5.74) is 5.24. The number of piperazine rings is 1. The second-order valence-electron chi connectivity index (χ2n) is 8.91. The summed E-state index contributed by atoms with van der Waals surface area (Å²) in [6.45, 7) is 5.30. The highest BCUT2D eigenvalue weighted by atomic mass is 32.2. The number of nitrogens with one attached hydrogen (secondary N) is 3. The van der Waals surface area contributed by atoms with E-state index in [2.05, 4.69) is 60.8 Å². The molecule has 2 aromatic heterocycles. The van der Waals surface area contributed by atoms with Crippen molar-refractivity contribution < 1.29 is 8.42 Å². The Hall–Kier alpha value is -3.47. The summed E-state index contributed by atoms with van der Waals surface area (Å²) in [5.74, 6) is 1.21. The standard InChI is InChI=1S/C25H29N7O2S/c1-18-14-20-16-22(6-7-23(20)27-18)28-24-8-9-26-25(30-24)29-21-5-3-4-19(15-21)17-31-10-12-32(13-11-31)35(2,33)34/h3-9,14-16,27H,10-13,17H2,1-2H3,(H2,26,28,29,30). The van der Waals surface area contributed by atoms with E-state index in [1.54, 1.807) is 6.20 Å². The number of aryl methyl sites for hydroxylation is 1. The lowest BCUT2D eigenvalue weighted by atomic mass is 10.2. The molecule has 0 spiro atoms. The molecule has 2 aromatic carbocycles. The molecule has 5 rings (SSSR count). The highest BCUT2D eigenvalue weighted by Gasteiger charge is 2.23. The zero-order chi connectivity index (χ0) is 24.4. The fourth-order valence-corrected chi connectivity index (χ4v) is 5.17. The van der Waals surface area contributed by atoms with Crippen molar-refractivity contribution in [3.8, 4) is 0 Å². The van der Waals surface area contributed by atoms with Crippen LogP contribution in [0.2, 0.25) is 0 Å². The van der Waals surface area contributed by atoms with Crippen LogP contribution in [0, 0.1) is 6.92 Å². The third kappa shape index (κ3) is 5.79. The van der Waals surface area contributed by atoms with Gasteiger partial charge in [0.2, 0.25) is 16.0 Å². The molecule has 1 fully saturated rings. The minimum Gasteiger partial charge on any atom is -0.359 e. The normalized spacial score (nSPS) is 15.4. The maximum Gasteiger partial charge on any atom is 0.229 e. The molecule has 0 amide bonds. The van der Waals surface area contributed by atoms with Gasteiger partial charge in [-0.05, 0) is 55.0 Å². The third-order valence-corrected chi connectivity index (χ3v) is 7.38. The molecule has 4 aromatic rings. The molecule has 1 aliphatic heterocycles. The number of rotatable bonds is 7. The first kappa shape index (κ1) is 23.3. The summed E-state index contributed by atoms with van der Waals surface area (Å²) in [7, 11) is -3.12. The van der Waals surface area contributed by atoms with Gasteiger partial charge in [-0.1, -0.05) is 12.1 Å². The molecule has 3 heterocycles. The van der Waals surface area contributed by atoms with E-state index in [1.807, 2.05) is 31.2 Å². The van der Waals surface area contributed by atoms with Crippen LogP contribution in [-0.4, -0.2) is 65.0 Å². The number of hydrogen-bond donors (Lipinski definition) is 3. The van der Waals surface area contributed by atoms with E-state index >= 15 is 0 Å². The Morgan fingerprint density at radius 3 is 2.57 bits per heavy atom. The topological polar surface area (TPSA) is 106 Å². The van der Waals surface area contributed by atoms with E-state index in [0.29, 0.717) is 24.9 Å². The van der Waals surface area contributed by atoms with Crippen LogP contribution in [0.4, 0.5) is 23.1 Å². The van der Waals surface area contributed by atoms with Crippen LogP contribution in [0.1, 0.15) is 11.3 Å². The van der Waals surface area contributed by atoms with E-state index < -0.39 is 10.0 Å². The monoisotopic (exact) mass is 491 g/mol. The summed E-state index contributed by atoms with van der Waals surface area (Å²) in [6.07, 6.45) is 2.99. The van der Waals surface area contributed by atoms with Crippen LogP contribution < -0.4 is 10.6 Å². The lowest BCUT2D eigenvalue weighted by Gasteiger charge is -2.33. The summed E-state index contributed by atoms with van der Waals surface area (Å²) >= 11 is 0. The Kier molecular flexibility index (Phi) is 6.42. The average Bonchev–Trinajstić information content (AvgIpc) is 3.19. The van der Waals surface area contributed by atoms with Crippen LogP contribution in [-0.2, 0) is 16.6 Å². The van der Waals surface area contributed by atoms with Crippen molar-refractivity contribution in [2.75, 3.05) is 43.1 Å². The van der Waals surface area contributed by atoms with Gasteiger partial charge in [-0.3, -0.25) is 4.90 Å². The molecule has 9 nitrogen and oxygen atoms in total. The van der Waals surface area contributed by atoms with Crippen LogP contribution >= 0.6 is 0 Å². The van der Waals surface area contributed by atoms with Gasteiger partial charge in [-0.25, -0.2) is 13.4 Å². The summed E-state index contributed by atoms with van der Waals surface area (Å²) < 4.78 is 25.0. The largest absolute Gasteiger partial charge is 0.359 e. The van der Waals surface area contributed by atoms with Crippen molar-refractivity contribution >= 4 is 44.1 Å². The minimum absolute atomic E-state index is 0.507. The molecular weight excluding hydrogens is 462 g/mol. The van der Waals surface area contributed by atoms with Crippen molar-refractivity contribution in [3.63, 3.8) is 0 Å². The summed E-state index contributed by atoms with van der Waals surface area (Å²) in [6, 6.07) is 18.3. The highest BCUT2D eigenvalue weighted by Crippen LogP contribution is 2.23. The molecule has 0 atom stereocenters. The predicted molar refractivity (Wildman–Crippen MR) is 140 cm³/mol. The van der Waals surface area contributed by atoms with Crippen molar-refractivity contribution in [3.05, 3.63) is 72.1 Å². The Bertz CT molecular complexity index is 1440. The third-order valence-electron chi connectivity index (χ3n) is 6.07. The Labute approximate surface area is 205 Å². The molecule has 1 saturated heterocycles. The van der Waals surface area contributed by atoms with Gasteiger partial charge in [-0.15, -0.1) is 0 Å². The smallest absolute Gasteiger partial charge is 0.229 e. The zero-order valence-corrected chi connectivity index (χ0v) is 20.6. The lowest BCUT2D eigenvalue weighted by molar-refractivity contribution is 0.182. The number of benzene rings is 2. The van der Waals surface area contributed by atoms with Gasteiger partial charge in [0.05, 0.1) is 6.26 Å². The number of sulfonamides is 1. The number of nitrogens with zero attached hydrogens (tertiary/aromatic N) is 4. The zero-order valence-electron chi connectivity index (χ0n) is 19.8. The fourth-order valence-electron chi connectivity index (χ4n) is 4.35. The second kappa shape index (κ2) is 9.65. The number of aromatic nitrogens is 3. The molecular formula is C25H29N7O2S. The van der Waals surface area contributed by atoms with Crippen LogP contribution in [0.5, 0.6) is 0 Å². The Balaban J connectivity index is 1.22. The van der Waals surface area contributed by atoms with Crippen molar-refractivity contribution in [2.24, 2.45) is 0 Å². The molecule has 0 radical (unpaired) electrons. The second-order valence-corrected chi connectivity index (χ2v) is 10.9. The van der Waals surface area contributed by atoms with E-state index in [1.165, 1.54) is 10.6 Å². The molecule has 10 heteroatoms. The van der Waals surface area contributed by atoms with E-state index in [-0.39, 0.29) is 0 Å². The van der Waals surface area contributed by atoms with Gasteiger partial charge in [0.1, 0.15) is 5.82 Å². The van der Waals surface area contributed by atoms with Gasteiger partial charge >= 0.3 is 0 Å². The summed E-state index contributed by atoms with van der Waals surface area (Å²) in [4.78, 5) is 14.6. The van der Waals surface area contributed by atoms with E-state index in [9.17, 15) is 8.42 Å². The van der Waals surface area contributed by atoms with Crippen LogP contribution in [0.3, 0.4) is 0 Å². The van der Waals surface area contributed by atoms with Gasteiger partial charge < -0.3 is 15.6 Å². The van der Waals surface area contributed by atoms with Crippen LogP contribution in [0.15, 0.2) is 60.8 Å². The van der Waals surface area contributed by atoms with Gasteiger partial charge in [-0.2, -0.15) is 9.29 Å². The van der Waals surface area contributed by atoms with Crippen molar-refractivity contribution in [1.29, 1.82) is 0 Å².